The average molecular weight is 362 g/mol. The first-order valence-electron chi connectivity index (χ1n) is 9.11. The van der Waals surface area contributed by atoms with Gasteiger partial charge in [0.2, 0.25) is 5.91 Å². The standard InChI is InChI=1S/C19H27N3O2S/c1-14(2)25-17-7-5-15(6-8-17)19(24)21-10-3-4-16(13-21)22-11-9-20-12-18(22)23/h5-8,14,16,20H,3-4,9-13H2,1-2H3. The number of carbonyl (C=O) groups is 2. The summed E-state index contributed by atoms with van der Waals surface area (Å²) in [5, 5.41) is 3.64. The minimum absolute atomic E-state index is 0.0772. The van der Waals surface area contributed by atoms with E-state index in [9.17, 15) is 9.59 Å². The topological polar surface area (TPSA) is 52.7 Å². The van der Waals surface area contributed by atoms with Crippen LogP contribution in [0, 0.1) is 0 Å². The fourth-order valence-electron chi connectivity index (χ4n) is 3.53. The Kier molecular flexibility index (Phi) is 6.02. The van der Waals surface area contributed by atoms with E-state index in [1.165, 1.54) is 4.90 Å². The molecule has 2 aliphatic heterocycles. The van der Waals surface area contributed by atoms with Gasteiger partial charge in [-0.2, -0.15) is 0 Å². The highest BCUT2D eigenvalue weighted by Crippen LogP contribution is 2.24. The van der Waals surface area contributed by atoms with Gasteiger partial charge in [0, 0.05) is 47.9 Å². The molecule has 0 aromatic heterocycles. The van der Waals surface area contributed by atoms with Crippen LogP contribution in [0.1, 0.15) is 37.0 Å². The molecule has 1 unspecified atom stereocenters. The molecule has 1 aromatic rings. The average Bonchev–Trinajstić information content (AvgIpc) is 2.62. The molecule has 25 heavy (non-hydrogen) atoms. The van der Waals surface area contributed by atoms with Gasteiger partial charge in [-0.05, 0) is 37.1 Å². The van der Waals surface area contributed by atoms with E-state index >= 15 is 0 Å². The molecule has 0 aliphatic carbocycles. The number of hydrogen-bond donors (Lipinski definition) is 1. The predicted molar refractivity (Wildman–Crippen MR) is 101 cm³/mol. The van der Waals surface area contributed by atoms with Gasteiger partial charge in [-0.25, -0.2) is 0 Å². The fourth-order valence-corrected chi connectivity index (χ4v) is 4.37. The lowest BCUT2D eigenvalue weighted by atomic mass is 10.0. The maximum absolute atomic E-state index is 12.8. The summed E-state index contributed by atoms with van der Waals surface area (Å²) in [5.74, 6) is 0.231. The Morgan fingerprint density at radius 2 is 2.00 bits per heavy atom. The SMILES string of the molecule is CC(C)Sc1ccc(C(=O)N2CCCC(N3CCNCC3=O)C2)cc1. The Hall–Kier alpha value is -1.53. The molecule has 1 N–H and O–H groups in total. The lowest BCUT2D eigenvalue weighted by Crippen LogP contribution is -2.57. The van der Waals surface area contributed by atoms with Crippen molar-refractivity contribution in [1.82, 2.24) is 15.1 Å². The molecule has 1 atom stereocenters. The number of nitrogens with zero attached hydrogens (tertiary/aromatic N) is 2. The van der Waals surface area contributed by atoms with Crippen LogP contribution in [0.25, 0.3) is 0 Å². The van der Waals surface area contributed by atoms with Gasteiger partial charge >= 0.3 is 0 Å². The minimum atomic E-state index is 0.0772. The van der Waals surface area contributed by atoms with Crippen molar-refractivity contribution in [3.63, 3.8) is 0 Å². The van der Waals surface area contributed by atoms with Crippen molar-refractivity contribution in [2.75, 3.05) is 32.7 Å². The second kappa shape index (κ2) is 8.23. The Balaban J connectivity index is 1.64. The van der Waals surface area contributed by atoms with Crippen molar-refractivity contribution in [3.8, 4) is 0 Å². The number of thioether (sulfide) groups is 1. The lowest BCUT2D eigenvalue weighted by Gasteiger charge is -2.41. The number of hydrogen-bond acceptors (Lipinski definition) is 4. The number of rotatable bonds is 4. The van der Waals surface area contributed by atoms with Crippen molar-refractivity contribution in [2.45, 2.75) is 42.9 Å². The zero-order valence-corrected chi connectivity index (χ0v) is 15.8. The molecule has 2 heterocycles. The van der Waals surface area contributed by atoms with Gasteiger partial charge in [-0.3, -0.25) is 9.59 Å². The van der Waals surface area contributed by atoms with Gasteiger partial charge < -0.3 is 15.1 Å². The molecular weight excluding hydrogens is 334 g/mol. The lowest BCUT2D eigenvalue weighted by molar-refractivity contribution is -0.135. The summed E-state index contributed by atoms with van der Waals surface area (Å²) in [6, 6.07) is 8.06. The summed E-state index contributed by atoms with van der Waals surface area (Å²) in [4.78, 5) is 30.0. The third-order valence-electron chi connectivity index (χ3n) is 4.72. The summed E-state index contributed by atoms with van der Waals surface area (Å²) in [7, 11) is 0. The number of carbonyl (C=O) groups excluding carboxylic acids is 2. The summed E-state index contributed by atoms with van der Waals surface area (Å²) >= 11 is 1.80. The highest BCUT2D eigenvalue weighted by molar-refractivity contribution is 7.99. The van der Waals surface area contributed by atoms with Crippen LogP contribution in [-0.2, 0) is 4.79 Å². The number of likely N-dealkylation sites (tertiary alicyclic amines) is 1. The zero-order valence-electron chi connectivity index (χ0n) is 15.0. The maximum atomic E-state index is 12.8. The van der Waals surface area contributed by atoms with Crippen molar-refractivity contribution < 1.29 is 9.59 Å². The molecule has 0 spiro atoms. The summed E-state index contributed by atoms with van der Waals surface area (Å²) in [5.41, 5.74) is 0.736. The molecule has 0 radical (unpaired) electrons. The van der Waals surface area contributed by atoms with E-state index in [0.717, 1.165) is 38.0 Å². The highest BCUT2D eigenvalue weighted by atomic mass is 32.2. The zero-order chi connectivity index (χ0) is 17.8. The van der Waals surface area contributed by atoms with Crippen molar-refractivity contribution in [3.05, 3.63) is 29.8 Å². The second-order valence-corrected chi connectivity index (χ2v) is 8.65. The number of benzene rings is 1. The van der Waals surface area contributed by atoms with E-state index < -0.39 is 0 Å². The summed E-state index contributed by atoms with van der Waals surface area (Å²) in [6.45, 7) is 7.74. The van der Waals surface area contributed by atoms with Gasteiger partial charge in [-0.1, -0.05) is 13.8 Å². The van der Waals surface area contributed by atoms with Gasteiger partial charge in [0.05, 0.1) is 6.54 Å². The summed E-state index contributed by atoms with van der Waals surface area (Å²) in [6.07, 6.45) is 1.94. The molecule has 0 bridgehead atoms. The van der Waals surface area contributed by atoms with Crippen molar-refractivity contribution in [1.29, 1.82) is 0 Å². The normalized spacial score (nSPS) is 21.7. The fraction of sp³-hybridized carbons (Fsp3) is 0.579. The Bertz CT molecular complexity index is 618. The van der Waals surface area contributed by atoms with E-state index in [1.54, 1.807) is 11.8 Å². The first-order chi connectivity index (χ1) is 12.0. The van der Waals surface area contributed by atoms with E-state index in [4.69, 9.17) is 0 Å². The second-order valence-electron chi connectivity index (χ2n) is 7.00. The molecule has 6 heteroatoms. The molecule has 3 rings (SSSR count). The van der Waals surface area contributed by atoms with Gasteiger partial charge in [0.25, 0.3) is 5.91 Å². The van der Waals surface area contributed by atoms with Gasteiger partial charge in [0.15, 0.2) is 0 Å². The van der Waals surface area contributed by atoms with Crippen LogP contribution in [0.5, 0.6) is 0 Å². The molecule has 2 aliphatic rings. The first-order valence-corrected chi connectivity index (χ1v) is 9.99. The number of piperazine rings is 1. The van der Waals surface area contributed by atoms with E-state index in [-0.39, 0.29) is 17.9 Å². The third-order valence-corrected chi connectivity index (χ3v) is 5.74. The van der Waals surface area contributed by atoms with Crippen LogP contribution in [0.2, 0.25) is 0 Å². The number of amides is 2. The molecule has 136 valence electrons. The Morgan fingerprint density at radius 3 is 2.68 bits per heavy atom. The summed E-state index contributed by atoms with van der Waals surface area (Å²) < 4.78 is 0. The molecule has 1 aromatic carbocycles. The van der Waals surface area contributed by atoms with E-state index in [1.807, 2.05) is 34.1 Å². The van der Waals surface area contributed by atoms with Gasteiger partial charge in [0.1, 0.15) is 0 Å². The smallest absolute Gasteiger partial charge is 0.253 e. The largest absolute Gasteiger partial charge is 0.337 e. The highest BCUT2D eigenvalue weighted by Gasteiger charge is 2.31. The van der Waals surface area contributed by atoms with Crippen LogP contribution in [0.15, 0.2) is 29.2 Å². The van der Waals surface area contributed by atoms with Crippen LogP contribution >= 0.6 is 11.8 Å². The molecular formula is C19H27N3O2S. The molecule has 0 saturated carbocycles. The van der Waals surface area contributed by atoms with Crippen LogP contribution in [-0.4, -0.2) is 65.6 Å². The third kappa shape index (κ3) is 4.55. The quantitative estimate of drug-likeness (QED) is 0.836. The Labute approximate surface area is 154 Å². The van der Waals surface area contributed by atoms with Crippen molar-refractivity contribution >= 4 is 23.6 Å². The molecule has 5 nitrogen and oxygen atoms in total. The predicted octanol–water partition coefficient (Wildman–Crippen LogP) is 2.22. The molecule has 2 fully saturated rings. The van der Waals surface area contributed by atoms with Crippen LogP contribution < -0.4 is 5.32 Å². The molecule has 2 saturated heterocycles. The first kappa shape index (κ1) is 18.3. The minimum Gasteiger partial charge on any atom is -0.337 e. The van der Waals surface area contributed by atoms with E-state index in [0.29, 0.717) is 18.3 Å². The van der Waals surface area contributed by atoms with E-state index in [2.05, 4.69) is 19.2 Å². The van der Waals surface area contributed by atoms with Crippen LogP contribution in [0.3, 0.4) is 0 Å². The maximum Gasteiger partial charge on any atom is 0.253 e. The molecule has 2 amide bonds. The number of nitrogens with one attached hydrogen (secondary N) is 1. The van der Waals surface area contributed by atoms with Gasteiger partial charge in [-0.15, -0.1) is 11.8 Å². The monoisotopic (exact) mass is 361 g/mol. The van der Waals surface area contributed by atoms with Crippen LogP contribution in [0.4, 0.5) is 0 Å². The number of piperidine rings is 1. The Morgan fingerprint density at radius 1 is 1.24 bits per heavy atom. The van der Waals surface area contributed by atoms with Crippen molar-refractivity contribution in [2.24, 2.45) is 0 Å².